The van der Waals surface area contributed by atoms with E-state index in [-0.39, 0.29) is 0 Å². The smallest absolute Gasteiger partial charge is 0.0995 e. The van der Waals surface area contributed by atoms with E-state index in [1.165, 1.54) is 12.8 Å². The Bertz CT molecular complexity index is 117. The molecule has 2 aliphatic heterocycles. The number of nitrogens with one attached hydrogen (secondary N) is 2. The van der Waals surface area contributed by atoms with E-state index >= 15 is 0 Å². The van der Waals surface area contributed by atoms with Crippen LogP contribution in [0.4, 0.5) is 0 Å². The molecule has 0 saturated carbocycles. The Labute approximate surface area is 55.4 Å². The summed E-state index contributed by atoms with van der Waals surface area (Å²) in [6, 6.07) is 0. The fourth-order valence-electron chi connectivity index (χ4n) is 1.57. The Morgan fingerprint density at radius 3 is 2.22 bits per heavy atom. The minimum atomic E-state index is 0.408. The van der Waals surface area contributed by atoms with Crippen LogP contribution in [0.3, 0.4) is 0 Å². The minimum Gasteiger partial charge on any atom is -0.316 e. The molecule has 0 aromatic rings. The molecular formula is C6H13N3. The summed E-state index contributed by atoms with van der Waals surface area (Å²) in [6.45, 7) is 2.33. The topological polar surface area (TPSA) is 37.0 Å². The molecule has 1 unspecified atom stereocenters. The lowest BCUT2D eigenvalue weighted by atomic mass is 10.0. The zero-order chi connectivity index (χ0) is 6.32. The molecule has 0 aromatic heterocycles. The summed E-state index contributed by atoms with van der Waals surface area (Å²) in [5.41, 5.74) is 3.75. The lowest BCUT2D eigenvalue weighted by molar-refractivity contribution is 0.352. The summed E-state index contributed by atoms with van der Waals surface area (Å²) in [5, 5.41) is 5.55. The first-order chi connectivity index (χ1) is 4.33. The molecule has 0 bridgehead atoms. The lowest BCUT2D eigenvalue weighted by Crippen LogP contribution is -2.36. The van der Waals surface area contributed by atoms with E-state index in [4.69, 9.17) is 0 Å². The van der Waals surface area contributed by atoms with Gasteiger partial charge in [-0.25, -0.2) is 10.4 Å². The third-order valence-corrected chi connectivity index (χ3v) is 2.40. The maximum absolute atomic E-state index is 3.34. The molecule has 1 atom stereocenters. The normalized spacial score (nSPS) is 39.0. The average Bonchev–Trinajstić information content (AvgIpc) is 2.44. The first kappa shape index (κ1) is 5.65. The van der Waals surface area contributed by atoms with Crippen LogP contribution in [0.15, 0.2) is 0 Å². The van der Waals surface area contributed by atoms with Crippen LogP contribution in [0.25, 0.3) is 0 Å². The van der Waals surface area contributed by atoms with Gasteiger partial charge >= 0.3 is 0 Å². The van der Waals surface area contributed by atoms with E-state index in [1.807, 2.05) is 0 Å². The van der Waals surface area contributed by atoms with Gasteiger partial charge in [-0.05, 0) is 25.9 Å². The molecule has 2 aliphatic rings. The van der Waals surface area contributed by atoms with E-state index < -0.39 is 0 Å². The van der Waals surface area contributed by atoms with Gasteiger partial charge in [-0.1, -0.05) is 0 Å². The van der Waals surface area contributed by atoms with Crippen LogP contribution in [0, 0.1) is 0 Å². The van der Waals surface area contributed by atoms with Crippen LogP contribution >= 0.6 is 0 Å². The average molecular weight is 127 g/mol. The summed E-state index contributed by atoms with van der Waals surface area (Å²) in [4.78, 5) is 0. The van der Waals surface area contributed by atoms with Crippen molar-refractivity contribution in [1.82, 2.24) is 15.8 Å². The zero-order valence-electron chi connectivity index (χ0n) is 5.78. The summed E-state index contributed by atoms with van der Waals surface area (Å²) < 4.78 is 0. The molecule has 0 amide bonds. The molecule has 52 valence electrons. The predicted octanol–water partition coefficient (Wildman–Crippen LogP) is -0.484. The predicted molar refractivity (Wildman–Crippen MR) is 35.7 cm³/mol. The maximum Gasteiger partial charge on any atom is 0.0995 e. The third-order valence-electron chi connectivity index (χ3n) is 2.40. The maximum atomic E-state index is 3.34. The van der Waals surface area contributed by atoms with Crippen molar-refractivity contribution in [2.45, 2.75) is 18.5 Å². The Morgan fingerprint density at radius 2 is 1.89 bits per heavy atom. The zero-order valence-corrected chi connectivity index (χ0v) is 5.78. The van der Waals surface area contributed by atoms with E-state index in [0.717, 1.165) is 13.1 Å². The fourth-order valence-corrected chi connectivity index (χ4v) is 1.57. The van der Waals surface area contributed by atoms with Crippen molar-refractivity contribution in [3.63, 3.8) is 0 Å². The van der Waals surface area contributed by atoms with Crippen LogP contribution in [0.1, 0.15) is 12.8 Å². The number of hydrogen-bond acceptors (Lipinski definition) is 3. The summed E-state index contributed by atoms with van der Waals surface area (Å²) >= 11 is 0. The molecule has 3 nitrogen and oxygen atoms in total. The number of hydrogen-bond donors (Lipinski definition) is 2. The van der Waals surface area contributed by atoms with Crippen molar-refractivity contribution in [1.29, 1.82) is 0 Å². The van der Waals surface area contributed by atoms with Gasteiger partial charge in [0.15, 0.2) is 0 Å². The van der Waals surface area contributed by atoms with Crippen molar-refractivity contribution >= 4 is 0 Å². The summed E-state index contributed by atoms with van der Waals surface area (Å²) in [7, 11) is 2.12. The van der Waals surface area contributed by atoms with E-state index in [1.54, 1.807) is 0 Å². The van der Waals surface area contributed by atoms with Gasteiger partial charge in [-0.3, -0.25) is 0 Å². The molecular weight excluding hydrogens is 114 g/mol. The third kappa shape index (κ3) is 0.764. The van der Waals surface area contributed by atoms with Crippen LogP contribution in [-0.2, 0) is 0 Å². The first-order valence-electron chi connectivity index (χ1n) is 3.56. The molecule has 3 heteroatoms. The Kier molecular flexibility index (Phi) is 1.06. The number of nitrogens with zero attached hydrogens (tertiary/aromatic N) is 1. The minimum absolute atomic E-state index is 0.408. The second kappa shape index (κ2) is 1.68. The summed E-state index contributed by atoms with van der Waals surface area (Å²) in [5.74, 6) is 0. The van der Waals surface area contributed by atoms with Crippen molar-refractivity contribution in [3.05, 3.63) is 0 Å². The molecule has 0 aliphatic carbocycles. The van der Waals surface area contributed by atoms with Gasteiger partial charge in [-0.2, -0.15) is 0 Å². The monoisotopic (exact) mass is 127 g/mol. The lowest BCUT2D eigenvalue weighted by Gasteiger charge is -2.19. The van der Waals surface area contributed by atoms with Gasteiger partial charge in [0.05, 0.1) is 5.66 Å². The molecule has 2 N–H and O–H groups in total. The second-order valence-electron chi connectivity index (χ2n) is 2.95. The van der Waals surface area contributed by atoms with Gasteiger partial charge in [0.2, 0.25) is 0 Å². The Morgan fingerprint density at radius 1 is 1.33 bits per heavy atom. The van der Waals surface area contributed by atoms with Gasteiger partial charge in [-0.15, -0.1) is 0 Å². The van der Waals surface area contributed by atoms with E-state index in [9.17, 15) is 0 Å². The molecule has 1 spiro atoms. The molecule has 2 saturated heterocycles. The highest BCUT2D eigenvalue weighted by Gasteiger charge is 2.48. The largest absolute Gasteiger partial charge is 0.316 e. The molecule has 2 fully saturated rings. The quantitative estimate of drug-likeness (QED) is 0.431. The number of rotatable bonds is 0. The molecule has 0 aromatic carbocycles. The highest BCUT2D eigenvalue weighted by atomic mass is 15.8. The molecule has 2 heterocycles. The molecule has 9 heavy (non-hydrogen) atoms. The second-order valence-corrected chi connectivity index (χ2v) is 2.95. The standard InChI is InChI=1S/C6H13N3/c1-9-6(8-9)2-4-7-5-3-6/h7-8H,2-5H2,1H3. The highest BCUT2D eigenvalue weighted by molar-refractivity contribution is 4.98. The van der Waals surface area contributed by atoms with Gasteiger partial charge in [0.25, 0.3) is 0 Å². The van der Waals surface area contributed by atoms with Gasteiger partial charge < -0.3 is 5.32 Å². The fraction of sp³-hybridized carbons (Fsp3) is 1.00. The van der Waals surface area contributed by atoms with Crippen LogP contribution in [-0.4, -0.2) is 30.8 Å². The van der Waals surface area contributed by atoms with Gasteiger partial charge in [0.1, 0.15) is 0 Å². The Hall–Kier alpha value is -0.120. The van der Waals surface area contributed by atoms with Crippen molar-refractivity contribution in [2.24, 2.45) is 0 Å². The van der Waals surface area contributed by atoms with E-state index in [2.05, 4.69) is 22.8 Å². The van der Waals surface area contributed by atoms with Crippen LogP contribution < -0.4 is 10.7 Å². The number of piperidine rings is 1. The highest BCUT2D eigenvalue weighted by Crippen LogP contribution is 2.31. The number of hydrazine groups is 1. The SMILES string of the molecule is CN1NC12CCNCC2. The van der Waals surface area contributed by atoms with Crippen LogP contribution in [0.2, 0.25) is 0 Å². The Balaban J connectivity index is 1.97. The van der Waals surface area contributed by atoms with Crippen molar-refractivity contribution in [2.75, 3.05) is 20.1 Å². The van der Waals surface area contributed by atoms with Crippen molar-refractivity contribution < 1.29 is 0 Å². The molecule has 0 radical (unpaired) electrons. The van der Waals surface area contributed by atoms with Crippen molar-refractivity contribution in [3.8, 4) is 0 Å². The first-order valence-corrected chi connectivity index (χ1v) is 3.56. The summed E-state index contributed by atoms with van der Waals surface area (Å²) in [6.07, 6.45) is 2.51. The molecule has 2 rings (SSSR count). The van der Waals surface area contributed by atoms with Gasteiger partial charge in [0, 0.05) is 7.05 Å². The van der Waals surface area contributed by atoms with Crippen LogP contribution in [0.5, 0.6) is 0 Å². The van der Waals surface area contributed by atoms with E-state index in [0.29, 0.717) is 5.66 Å².